The first-order valence-electron chi connectivity index (χ1n) is 5.67. The van der Waals surface area contributed by atoms with Gasteiger partial charge < -0.3 is 15.5 Å². The number of hydrogen-bond acceptors (Lipinski definition) is 3. The van der Waals surface area contributed by atoms with Crippen LogP contribution in [0.5, 0.6) is 0 Å². The number of nitrogens with one attached hydrogen (secondary N) is 1. The monoisotopic (exact) mass is 245 g/mol. The van der Waals surface area contributed by atoms with Gasteiger partial charge in [-0.3, -0.25) is 9.59 Å². The van der Waals surface area contributed by atoms with Gasteiger partial charge in [0.1, 0.15) is 0 Å². The molecule has 0 radical (unpaired) electrons. The van der Waals surface area contributed by atoms with Crippen molar-refractivity contribution in [3.63, 3.8) is 0 Å². The van der Waals surface area contributed by atoms with E-state index in [1.54, 1.807) is 6.92 Å². The van der Waals surface area contributed by atoms with E-state index in [0.717, 1.165) is 0 Å². The Balaban J connectivity index is 4.24. The smallest absolute Gasteiger partial charge is 0.304 e. The first kappa shape index (κ1) is 15.9. The maximum absolute atomic E-state index is 11.6. The fraction of sp³-hybridized carbons (Fsp3) is 0.833. The third-order valence-corrected chi connectivity index (χ3v) is 2.36. The molecular weight excluding hydrogens is 222 g/mol. The zero-order valence-corrected chi connectivity index (χ0v) is 11.0. The molecule has 0 bridgehead atoms. The molecule has 5 heteroatoms. The van der Waals surface area contributed by atoms with Gasteiger partial charge in [0, 0.05) is 18.4 Å². The zero-order valence-electron chi connectivity index (χ0n) is 11.0. The lowest BCUT2D eigenvalue weighted by Crippen LogP contribution is -2.40. The molecule has 0 saturated heterocycles. The minimum atomic E-state index is -0.980. The van der Waals surface area contributed by atoms with Gasteiger partial charge in [-0.1, -0.05) is 27.7 Å². The summed E-state index contributed by atoms with van der Waals surface area (Å²) in [6.07, 6.45) is 0.209. The average molecular weight is 245 g/mol. The third kappa shape index (κ3) is 7.74. The van der Waals surface area contributed by atoms with Crippen LogP contribution in [0.15, 0.2) is 0 Å². The molecule has 0 aromatic carbocycles. The number of carbonyl (C=O) groups excluding carboxylic acids is 1. The molecule has 0 aliphatic heterocycles. The molecule has 0 aromatic rings. The predicted molar refractivity (Wildman–Crippen MR) is 64.5 cm³/mol. The summed E-state index contributed by atoms with van der Waals surface area (Å²) in [6.45, 7) is 7.40. The molecule has 1 amide bonds. The first-order chi connectivity index (χ1) is 7.58. The lowest BCUT2D eigenvalue weighted by atomic mass is 9.87. The molecule has 1 unspecified atom stereocenters. The van der Waals surface area contributed by atoms with Crippen LogP contribution < -0.4 is 5.32 Å². The predicted octanol–water partition coefficient (Wildman–Crippen LogP) is 1.01. The topological polar surface area (TPSA) is 86.6 Å². The minimum absolute atomic E-state index is 0.105. The number of aliphatic hydroxyl groups is 1. The van der Waals surface area contributed by atoms with Gasteiger partial charge in [-0.25, -0.2) is 0 Å². The Labute approximate surface area is 102 Å². The summed E-state index contributed by atoms with van der Waals surface area (Å²) in [7, 11) is 0. The molecule has 0 aliphatic carbocycles. The van der Waals surface area contributed by atoms with Crippen LogP contribution in [0.2, 0.25) is 0 Å². The van der Waals surface area contributed by atoms with Crippen molar-refractivity contribution in [3.05, 3.63) is 0 Å². The van der Waals surface area contributed by atoms with E-state index in [1.807, 2.05) is 20.8 Å². The van der Waals surface area contributed by atoms with Gasteiger partial charge in [0.25, 0.3) is 0 Å². The van der Waals surface area contributed by atoms with Crippen molar-refractivity contribution in [1.29, 1.82) is 0 Å². The van der Waals surface area contributed by atoms with E-state index in [4.69, 9.17) is 10.2 Å². The molecule has 0 aromatic heterocycles. The van der Waals surface area contributed by atoms with Gasteiger partial charge in [0.2, 0.25) is 5.91 Å². The lowest BCUT2D eigenvalue weighted by Gasteiger charge is -2.26. The molecule has 1 atom stereocenters. The summed E-state index contributed by atoms with van der Waals surface area (Å²) >= 11 is 0. The fourth-order valence-electron chi connectivity index (χ4n) is 1.40. The van der Waals surface area contributed by atoms with Crippen molar-refractivity contribution >= 4 is 11.9 Å². The quantitative estimate of drug-likeness (QED) is 0.652. The molecule has 0 heterocycles. The normalized spacial score (nSPS) is 15.1. The molecule has 17 heavy (non-hydrogen) atoms. The van der Waals surface area contributed by atoms with E-state index in [0.29, 0.717) is 6.42 Å². The summed E-state index contributed by atoms with van der Waals surface area (Å²) in [6, 6.07) is 0. The van der Waals surface area contributed by atoms with Gasteiger partial charge in [0.05, 0.1) is 13.0 Å². The molecule has 0 aliphatic rings. The number of aliphatic hydroxyl groups excluding tert-OH is 1. The molecule has 0 rings (SSSR count). The number of aliphatic carboxylic acids is 1. The molecule has 0 saturated carbocycles. The number of carboxylic acid groups (broad SMARTS) is 1. The molecule has 0 spiro atoms. The van der Waals surface area contributed by atoms with E-state index in [2.05, 4.69) is 5.32 Å². The van der Waals surface area contributed by atoms with Crippen LogP contribution in [0.25, 0.3) is 0 Å². The van der Waals surface area contributed by atoms with Crippen molar-refractivity contribution in [1.82, 2.24) is 5.32 Å². The van der Waals surface area contributed by atoms with E-state index >= 15 is 0 Å². The highest BCUT2D eigenvalue weighted by molar-refractivity contribution is 5.76. The fourth-order valence-corrected chi connectivity index (χ4v) is 1.40. The van der Waals surface area contributed by atoms with E-state index < -0.39 is 11.4 Å². The van der Waals surface area contributed by atoms with Crippen LogP contribution in [-0.2, 0) is 9.59 Å². The molecular formula is C12H23NO4. The number of carboxylic acids is 1. The Morgan fingerprint density at radius 2 is 1.65 bits per heavy atom. The van der Waals surface area contributed by atoms with E-state index in [9.17, 15) is 9.59 Å². The van der Waals surface area contributed by atoms with Crippen LogP contribution in [0.1, 0.15) is 40.5 Å². The van der Waals surface area contributed by atoms with Gasteiger partial charge in [0.15, 0.2) is 0 Å². The standard InChI is InChI=1S/C12H23NO4/c1-11(2,3)5-9(15)13-7-12(4,8-14)6-10(16)17/h14H,5-8H2,1-4H3,(H,13,15)(H,16,17). The average Bonchev–Trinajstić information content (AvgIpc) is 2.11. The lowest BCUT2D eigenvalue weighted by molar-refractivity contribution is -0.140. The number of carbonyl (C=O) groups is 2. The number of amides is 1. The highest BCUT2D eigenvalue weighted by Gasteiger charge is 2.28. The maximum Gasteiger partial charge on any atom is 0.304 e. The second kappa shape index (κ2) is 6.00. The number of hydrogen-bond donors (Lipinski definition) is 3. The largest absolute Gasteiger partial charge is 0.481 e. The SMILES string of the molecule is CC(C)(C)CC(=O)NCC(C)(CO)CC(=O)O. The molecule has 5 nitrogen and oxygen atoms in total. The second-order valence-corrected chi connectivity index (χ2v) is 6.05. The van der Waals surface area contributed by atoms with Gasteiger partial charge in [-0.2, -0.15) is 0 Å². The number of rotatable bonds is 6. The Morgan fingerprint density at radius 3 is 2.00 bits per heavy atom. The summed E-state index contributed by atoms with van der Waals surface area (Å²) in [5, 5.41) is 20.5. The summed E-state index contributed by atoms with van der Waals surface area (Å²) < 4.78 is 0. The van der Waals surface area contributed by atoms with Crippen LogP contribution in [-0.4, -0.2) is 35.2 Å². The van der Waals surface area contributed by atoms with Crippen LogP contribution in [0.3, 0.4) is 0 Å². The van der Waals surface area contributed by atoms with Crippen molar-refractivity contribution in [2.24, 2.45) is 10.8 Å². The molecule has 3 N–H and O–H groups in total. The van der Waals surface area contributed by atoms with E-state index in [1.165, 1.54) is 0 Å². The Hall–Kier alpha value is -1.10. The van der Waals surface area contributed by atoms with Crippen molar-refractivity contribution < 1.29 is 19.8 Å². The maximum atomic E-state index is 11.6. The van der Waals surface area contributed by atoms with Crippen LogP contribution in [0, 0.1) is 10.8 Å². The Bertz CT molecular complexity index is 283. The highest BCUT2D eigenvalue weighted by Crippen LogP contribution is 2.21. The van der Waals surface area contributed by atoms with Crippen molar-refractivity contribution in [2.75, 3.05) is 13.2 Å². The summed E-state index contributed by atoms with van der Waals surface area (Å²) in [5.41, 5.74) is -0.911. The third-order valence-electron chi connectivity index (χ3n) is 2.36. The van der Waals surface area contributed by atoms with Crippen LogP contribution in [0.4, 0.5) is 0 Å². The first-order valence-corrected chi connectivity index (χ1v) is 5.67. The van der Waals surface area contributed by atoms with E-state index in [-0.39, 0.29) is 30.9 Å². The van der Waals surface area contributed by atoms with Gasteiger partial charge >= 0.3 is 5.97 Å². The highest BCUT2D eigenvalue weighted by atomic mass is 16.4. The Morgan fingerprint density at radius 1 is 1.12 bits per heavy atom. The zero-order chi connectivity index (χ0) is 13.7. The Kier molecular flexibility index (Phi) is 5.61. The summed E-state index contributed by atoms with van der Waals surface area (Å²) in [5.74, 6) is -1.10. The minimum Gasteiger partial charge on any atom is -0.481 e. The van der Waals surface area contributed by atoms with Gasteiger partial charge in [-0.15, -0.1) is 0 Å². The molecule has 0 fully saturated rings. The molecule has 100 valence electrons. The van der Waals surface area contributed by atoms with Crippen molar-refractivity contribution in [3.8, 4) is 0 Å². The van der Waals surface area contributed by atoms with Crippen molar-refractivity contribution in [2.45, 2.75) is 40.5 Å². The van der Waals surface area contributed by atoms with Crippen LogP contribution >= 0.6 is 0 Å². The summed E-state index contributed by atoms with van der Waals surface area (Å²) in [4.78, 5) is 22.2. The van der Waals surface area contributed by atoms with Gasteiger partial charge in [-0.05, 0) is 5.41 Å². The second-order valence-electron chi connectivity index (χ2n) is 6.05.